The van der Waals surface area contributed by atoms with Crippen LogP contribution in [0.2, 0.25) is 0 Å². The maximum absolute atomic E-state index is 5.33. The highest BCUT2D eigenvalue weighted by Gasteiger charge is 2.12. The zero-order chi connectivity index (χ0) is 10.8. The lowest BCUT2D eigenvalue weighted by Gasteiger charge is -2.24. The Balaban J connectivity index is 1.77. The van der Waals surface area contributed by atoms with Gasteiger partial charge in [-0.1, -0.05) is 6.07 Å². The first-order chi connectivity index (χ1) is 7.92. The smallest absolute Gasteiger partial charge is 0.133 e. The molecule has 0 bridgehead atoms. The number of piperazine rings is 1. The molecule has 0 aliphatic carbocycles. The summed E-state index contributed by atoms with van der Waals surface area (Å²) >= 11 is 0. The monoisotopic (exact) mass is 216 g/mol. The minimum absolute atomic E-state index is 0.554. The van der Waals surface area contributed by atoms with Gasteiger partial charge in [0.2, 0.25) is 0 Å². The number of hydrogen-bond acceptors (Lipinski definition) is 3. The lowest BCUT2D eigenvalue weighted by molar-refractivity contribution is 0.417. The van der Waals surface area contributed by atoms with Crippen LogP contribution in [0, 0.1) is 0 Å². The highest BCUT2D eigenvalue weighted by Crippen LogP contribution is 2.17. The average Bonchev–Trinajstić information content (AvgIpc) is 2.77. The highest BCUT2D eigenvalue weighted by molar-refractivity contribution is 5.77. The predicted molar refractivity (Wildman–Crippen MR) is 64.6 cm³/mol. The quantitative estimate of drug-likeness (QED) is 0.799. The third-order valence-electron chi connectivity index (χ3n) is 3.12. The van der Waals surface area contributed by atoms with Gasteiger partial charge in [-0.05, 0) is 30.2 Å². The second-order valence-electron chi connectivity index (χ2n) is 4.35. The van der Waals surface area contributed by atoms with E-state index < -0.39 is 0 Å². The van der Waals surface area contributed by atoms with Gasteiger partial charge in [-0.2, -0.15) is 0 Å². The van der Waals surface area contributed by atoms with E-state index >= 15 is 0 Å². The van der Waals surface area contributed by atoms with Crippen LogP contribution < -0.4 is 10.6 Å². The molecule has 1 aliphatic rings. The Morgan fingerprint density at radius 1 is 1.25 bits per heavy atom. The number of fused-ring (bicyclic) bond motifs is 1. The molecule has 0 spiro atoms. The van der Waals surface area contributed by atoms with Gasteiger partial charge in [-0.3, -0.25) is 0 Å². The van der Waals surface area contributed by atoms with Crippen LogP contribution in [0.4, 0.5) is 0 Å². The maximum atomic E-state index is 5.33. The van der Waals surface area contributed by atoms with Crippen molar-refractivity contribution in [1.82, 2.24) is 10.6 Å². The van der Waals surface area contributed by atoms with Gasteiger partial charge >= 0.3 is 0 Å². The van der Waals surface area contributed by atoms with E-state index in [2.05, 4.69) is 28.8 Å². The summed E-state index contributed by atoms with van der Waals surface area (Å²) in [5, 5.41) is 8.13. The highest BCUT2D eigenvalue weighted by atomic mass is 16.3. The van der Waals surface area contributed by atoms with Crippen molar-refractivity contribution in [3.63, 3.8) is 0 Å². The molecule has 0 amide bonds. The fraction of sp³-hybridized carbons (Fsp3) is 0.385. The lowest BCUT2D eigenvalue weighted by Crippen LogP contribution is -2.49. The zero-order valence-electron chi connectivity index (χ0n) is 9.20. The molecule has 3 rings (SSSR count). The molecule has 0 unspecified atom stereocenters. The van der Waals surface area contributed by atoms with Crippen molar-refractivity contribution in [3.05, 3.63) is 36.1 Å². The molecule has 1 saturated heterocycles. The van der Waals surface area contributed by atoms with E-state index in [1.54, 1.807) is 6.26 Å². The van der Waals surface area contributed by atoms with Crippen molar-refractivity contribution in [1.29, 1.82) is 0 Å². The van der Waals surface area contributed by atoms with Crippen LogP contribution >= 0.6 is 0 Å². The van der Waals surface area contributed by atoms with Crippen molar-refractivity contribution in [2.24, 2.45) is 0 Å². The van der Waals surface area contributed by atoms with Gasteiger partial charge in [0.25, 0.3) is 0 Å². The molecule has 16 heavy (non-hydrogen) atoms. The number of furan rings is 1. The molecule has 3 nitrogen and oxygen atoms in total. The predicted octanol–water partition coefficient (Wildman–Crippen LogP) is 1.54. The normalized spacial score (nSPS) is 21.4. The second kappa shape index (κ2) is 4.28. The summed E-state index contributed by atoms with van der Waals surface area (Å²) in [7, 11) is 0. The minimum atomic E-state index is 0.554. The first-order valence-electron chi connectivity index (χ1n) is 5.82. The van der Waals surface area contributed by atoms with E-state index in [9.17, 15) is 0 Å². The molecule has 1 atom stereocenters. The van der Waals surface area contributed by atoms with Gasteiger partial charge in [0, 0.05) is 31.1 Å². The van der Waals surface area contributed by atoms with Crippen LogP contribution in [0.5, 0.6) is 0 Å². The average molecular weight is 216 g/mol. The Bertz CT molecular complexity index is 471. The van der Waals surface area contributed by atoms with Crippen molar-refractivity contribution < 1.29 is 4.42 Å². The van der Waals surface area contributed by atoms with E-state index in [0.29, 0.717) is 6.04 Å². The molecular weight excluding hydrogens is 200 g/mol. The summed E-state index contributed by atoms with van der Waals surface area (Å²) in [6.07, 6.45) is 2.82. The Labute approximate surface area is 94.8 Å². The van der Waals surface area contributed by atoms with E-state index in [0.717, 1.165) is 31.6 Å². The molecule has 1 fully saturated rings. The van der Waals surface area contributed by atoms with Crippen LogP contribution in [0.3, 0.4) is 0 Å². The number of hydrogen-bond donors (Lipinski definition) is 2. The molecule has 2 N–H and O–H groups in total. The third kappa shape index (κ3) is 1.96. The van der Waals surface area contributed by atoms with E-state index in [1.165, 1.54) is 10.9 Å². The molecule has 3 heteroatoms. The maximum Gasteiger partial charge on any atom is 0.133 e. The third-order valence-corrected chi connectivity index (χ3v) is 3.12. The Morgan fingerprint density at radius 3 is 3.12 bits per heavy atom. The zero-order valence-corrected chi connectivity index (χ0v) is 9.20. The minimum Gasteiger partial charge on any atom is -0.464 e. The van der Waals surface area contributed by atoms with Crippen molar-refractivity contribution in [3.8, 4) is 0 Å². The molecular formula is C13H16N2O. The topological polar surface area (TPSA) is 37.2 Å². The van der Waals surface area contributed by atoms with Crippen LogP contribution in [0.1, 0.15) is 5.56 Å². The summed E-state index contributed by atoms with van der Waals surface area (Å²) in [5.41, 5.74) is 2.34. The Hall–Kier alpha value is -1.32. The largest absolute Gasteiger partial charge is 0.464 e. The molecule has 1 aromatic heterocycles. The molecule has 1 aliphatic heterocycles. The van der Waals surface area contributed by atoms with Crippen LogP contribution in [0.15, 0.2) is 34.9 Å². The first kappa shape index (κ1) is 9.87. The van der Waals surface area contributed by atoms with E-state index in [-0.39, 0.29) is 0 Å². The fourth-order valence-corrected chi connectivity index (χ4v) is 2.29. The SMILES string of the molecule is c1cc2cc(C[C@@H]3CNCCN3)ccc2o1. The van der Waals surface area contributed by atoms with Crippen molar-refractivity contribution >= 4 is 11.0 Å². The lowest BCUT2D eigenvalue weighted by atomic mass is 10.0. The summed E-state index contributed by atoms with van der Waals surface area (Å²) in [6.45, 7) is 3.21. The van der Waals surface area contributed by atoms with Crippen molar-refractivity contribution in [2.75, 3.05) is 19.6 Å². The van der Waals surface area contributed by atoms with E-state index in [1.807, 2.05) is 6.07 Å². The standard InChI is InChI=1S/C13H16N2O/c1-2-13-11(3-6-16-13)7-10(1)8-12-9-14-4-5-15-12/h1-3,6-7,12,14-15H,4-5,8-9H2/t12-/m1/s1. The van der Waals surface area contributed by atoms with Crippen molar-refractivity contribution in [2.45, 2.75) is 12.5 Å². The number of rotatable bonds is 2. The summed E-state index contributed by atoms with van der Waals surface area (Å²) in [6, 6.07) is 9.00. The molecule has 0 radical (unpaired) electrons. The van der Waals surface area contributed by atoms with Gasteiger partial charge in [-0.25, -0.2) is 0 Å². The van der Waals surface area contributed by atoms with Gasteiger partial charge in [0.15, 0.2) is 0 Å². The summed E-state index contributed by atoms with van der Waals surface area (Å²) in [5.74, 6) is 0. The van der Waals surface area contributed by atoms with Crippen LogP contribution in [-0.2, 0) is 6.42 Å². The van der Waals surface area contributed by atoms with Crippen LogP contribution in [0.25, 0.3) is 11.0 Å². The molecule has 2 heterocycles. The Kier molecular flexibility index (Phi) is 2.64. The van der Waals surface area contributed by atoms with Crippen LogP contribution in [-0.4, -0.2) is 25.7 Å². The first-order valence-corrected chi connectivity index (χ1v) is 5.82. The molecule has 84 valence electrons. The van der Waals surface area contributed by atoms with Gasteiger partial charge < -0.3 is 15.1 Å². The molecule has 2 aromatic rings. The number of benzene rings is 1. The van der Waals surface area contributed by atoms with Gasteiger partial charge in [-0.15, -0.1) is 0 Å². The van der Waals surface area contributed by atoms with E-state index in [4.69, 9.17) is 4.42 Å². The van der Waals surface area contributed by atoms with Gasteiger partial charge in [0.05, 0.1) is 6.26 Å². The molecule has 1 aromatic carbocycles. The summed E-state index contributed by atoms with van der Waals surface area (Å²) < 4.78 is 5.33. The summed E-state index contributed by atoms with van der Waals surface area (Å²) in [4.78, 5) is 0. The number of nitrogens with one attached hydrogen (secondary N) is 2. The Morgan fingerprint density at radius 2 is 2.25 bits per heavy atom. The molecule has 0 saturated carbocycles. The second-order valence-corrected chi connectivity index (χ2v) is 4.35. The fourth-order valence-electron chi connectivity index (χ4n) is 2.29. The van der Waals surface area contributed by atoms with Gasteiger partial charge in [0.1, 0.15) is 5.58 Å².